The van der Waals surface area contributed by atoms with Gasteiger partial charge in [-0.15, -0.1) is 18.3 Å². The molecule has 74 valence electrons. The van der Waals surface area contributed by atoms with Crippen molar-refractivity contribution in [2.45, 2.75) is 29.4 Å². The predicted molar refractivity (Wildman–Crippen MR) is 63.6 cm³/mol. The normalized spacial score (nSPS) is 26.3. The molecule has 0 saturated heterocycles. The summed E-state index contributed by atoms with van der Waals surface area (Å²) in [6, 6.07) is 10.7. The first kappa shape index (κ1) is 9.85. The van der Waals surface area contributed by atoms with Crippen molar-refractivity contribution < 1.29 is 0 Å². The van der Waals surface area contributed by atoms with Crippen LogP contribution in [-0.4, -0.2) is 5.25 Å². The van der Waals surface area contributed by atoms with E-state index in [0.717, 1.165) is 11.2 Å². The topological polar surface area (TPSA) is 0 Å². The summed E-state index contributed by atoms with van der Waals surface area (Å²) in [4.78, 5) is 1.39. The molecule has 14 heavy (non-hydrogen) atoms. The van der Waals surface area contributed by atoms with E-state index >= 15 is 0 Å². The molecule has 0 spiro atoms. The minimum Gasteiger partial charge on any atom is -0.122 e. The summed E-state index contributed by atoms with van der Waals surface area (Å²) in [5, 5.41) is 0.759. The molecule has 0 bridgehead atoms. The third-order valence-corrected chi connectivity index (χ3v) is 4.27. The monoisotopic (exact) mass is 204 g/mol. The highest BCUT2D eigenvalue weighted by molar-refractivity contribution is 8.00. The Morgan fingerprint density at radius 3 is 2.71 bits per heavy atom. The summed E-state index contributed by atoms with van der Waals surface area (Å²) < 4.78 is 0. The van der Waals surface area contributed by atoms with Crippen LogP contribution in [0.25, 0.3) is 0 Å². The molecule has 1 aliphatic carbocycles. The van der Waals surface area contributed by atoms with Crippen molar-refractivity contribution in [2.75, 3.05) is 0 Å². The SMILES string of the molecule is C=CC1CCCC1Sc1ccccc1. The van der Waals surface area contributed by atoms with Crippen molar-refractivity contribution in [2.24, 2.45) is 5.92 Å². The van der Waals surface area contributed by atoms with Crippen LogP contribution in [0.2, 0.25) is 0 Å². The van der Waals surface area contributed by atoms with E-state index in [9.17, 15) is 0 Å². The molecule has 1 aromatic rings. The highest BCUT2D eigenvalue weighted by Gasteiger charge is 2.25. The van der Waals surface area contributed by atoms with Crippen LogP contribution in [0.5, 0.6) is 0 Å². The fourth-order valence-corrected chi connectivity index (χ4v) is 3.41. The van der Waals surface area contributed by atoms with Crippen LogP contribution in [0.4, 0.5) is 0 Å². The summed E-state index contributed by atoms with van der Waals surface area (Å²) in [5.74, 6) is 0.722. The average molecular weight is 204 g/mol. The molecule has 2 unspecified atom stereocenters. The number of hydrogen-bond donors (Lipinski definition) is 0. The molecule has 2 rings (SSSR count). The lowest BCUT2D eigenvalue weighted by molar-refractivity contribution is 0.701. The van der Waals surface area contributed by atoms with Gasteiger partial charge in [-0.05, 0) is 30.9 Å². The molecule has 0 nitrogen and oxygen atoms in total. The fraction of sp³-hybridized carbons (Fsp3) is 0.385. The van der Waals surface area contributed by atoms with Crippen LogP contribution < -0.4 is 0 Å². The maximum absolute atomic E-state index is 3.92. The second kappa shape index (κ2) is 4.70. The van der Waals surface area contributed by atoms with E-state index in [0.29, 0.717) is 0 Å². The summed E-state index contributed by atoms with van der Waals surface area (Å²) in [6.45, 7) is 3.92. The molecule has 1 aromatic carbocycles. The lowest BCUT2D eigenvalue weighted by atomic mass is 10.1. The number of thioether (sulfide) groups is 1. The van der Waals surface area contributed by atoms with E-state index < -0.39 is 0 Å². The highest BCUT2D eigenvalue weighted by Crippen LogP contribution is 2.39. The maximum atomic E-state index is 3.92. The van der Waals surface area contributed by atoms with E-state index in [-0.39, 0.29) is 0 Å². The van der Waals surface area contributed by atoms with E-state index in [1.165, 1.54) is 24.2 Å². The van der Waals surface area contributed by atoms with Gasteiger partial charge in [-0.2, -0.15) is 0 Å². The molecule has 1 heteroatoms. The van der Waals surface area contributed by atoms with Crippen LogP contribution in [0.3, 0.4) is 0 Å². The van der Waals surface area contributed by atoms with Gasteiger partial charge in [-0.25, -0.2) is 0 Å². The molecule has 0 radical (unpaired) electrons. The first-order valence-electron chi connectivity index (χ1n) is 5.24. The van der Waals surface area contributed by atoms with Crippen molar-refractivity contribution in [3.63, 3.8) is 0 Å². The number of allylic oxidation sites excluding steroid dienone is 1. The van der Waals surface area contributed by atoms with Gasteiger partial charge in [0.05, 0.1) is 0 Å². The molecule has 0 amide bonds. The lowest BCUT2D eigenvalue weighted by Gasteiger charge is -2.15. The van der Waals surface area contributed by atoms with Gasteiger partial charge in [0.1, 0.15) is 0 Å². The van der Waals surface area contributed by atoms with Crippen molar-refractivity contribution in [3.8, 4) is 0 Å². The summed E-state index contributed by atoms with van der Waals surface area (Å²) in [7, 11) is 0. The van der Waals surface area contributed by atoms with Gasteiger partial charge in [0.2, 0.25) is 0 Å². The standard InChI is InChI=1S/C13H16S/c1-2-11-7-6-10-13(11)14-12-8-4-3-5-9-12/h2-5,8-9,11,13H,1,6-7,10H2. The largest absolute Gasteiger partial charge is 0.122 e. The third-order valence-electron chi connectivity index (χ3n) is 2.84. The molecular formula is C13H16S. The fourth-order valence-electron chi connectivity index (χ4n) is 2.04. The molecule has 1 saturated carbocycles. The Kier molecular flexibility index (Phi) is 3.30. The van der Waals surface area contributed by atoms with Crippen molar-refractivity contribution >= 4 is 11.8 Å². The van der Waals surface area contributed by atoms with Crippen molar-refractivity contribution in [1.82, 2.24) is 0 Å². The zero-order valence-electron chi connectivity index (χ0n) is 8.36. The number of rotatable bonds is 3. The van der Waals surface area contributed by atoms with Gasteiger partial charge in [0, 0.05) is 10.1 Å². The van der Waals surface area contributed by atoms with E-state index in [1.807, 2.05) is 11.8 Å². The molecular weight excluding hydrogens is 188 g/mol. The van der Waals surface area contributed by atoms with E-state index in [1.54, 1.807) is 0 Å². The van der Waals surface area contributed by atoms with Gasteiger partial charge < -0.3 is 0 Å². The molecule has 2 atom stereocenters. The van der Waals surface area contributed by atoms with Crippen molar-refractivity contribution in [3.05, 3.63) is 43.0 Å². The predicted octanol–water partition coefficient (Wildman–Crippen LogP) is 4.13. The zero-order valence-corrected chi connectivity index (χ0v) is 9.17. The summed E-state index contributed by atoms with van der Waals surface area (Å²) >= 11 is 2.01. The Morgan fingerprint density at radius 2 is 2.00 bits per heavy atom. The second-order valence-corrected chi connectivity index (χ2v) is 5.11. The summed E-state index contributed by atoms with van der Waals surface area (Å²) in [5.41, 5.74) is 0. The van der Waals surface area contributed by atoms with Gasteiger partial charge >= 0.3 is 0 Å². The Hall–Kier alpha value is -0.690. The second-order valence-electron chi connectivity index (χ2n) is 3.80. The van der Waals surface area contributed by atoms with Crippen LogP contribution in [-0.2, 0) is 0 Å². The van der Waals surface area contributed by atoms with Crippen LogP contribution in [0.15, 0.2) is 47.9 Å². The first-order chi connectivity index (χ1) is 6.90. The lowest BCUT2D eigenvalue weighted by Crippen LogP contribution is -2.06. The number of hydrogen-bond acceptors (Lipinski definition) is 1. The van der Waals surface area contributed by atoms with Gasteiger partial charge in [-0.1, -0.05) is 30.7 Å². The van der Waals surface area contributed by atoms with Gasteiger partial charge in [0.15, 0.2) is 0 Å². The van der Waals surface area contributed by atoms with Crippen LogP contribution >= 0.6 is 11.8 Å². The Labute approximate surface area is 90.4 Å². The summed E-state index contributed by atoms with van der Waals surface area (Å²) in [6.07, 6.45) is 6.17. The third kappa shape index (κ3) is 2.21. The Bertz CT molecular complexity index is 291. The zero-order chi connectivity index (χ0) is 9.80. The maximum Gasteiger partial charge on any atom is 0.0157 e. The molecule has 0 N–H and O–H groups in total. The molecule has 0 aliphatic heterocycles. The smallest absolute Gasteiger partial charge is 0.0157 e. The van der Waals surface area contributed by atoms with E-state index in [2.05, 4.69) is 43.0 Å². The van der Waals surface area contributed by atoms with Crippen LogP contribution in [0, 0.1) is 5.92 Å². The molecule has 0 aromatic heterocycles. The van der Waals surface area contributed by atoms with Gasteiger partial charge in [-0.3, -0.25) is 0 Å². The minimum absolute atomic E-state index is 0.722. The molecule has 1 aliphatic rings. The Balaban J connectivity index is 2.00. The quantitative estimate of drug-likeness (QED) is 0.667. The molecule has 0 heterocycles. The minimum atomic E-state index is 0.722. The average Bonchev–Trinajstić information content (AvgIpc) is 2.67. The number of benzene rings is 1. The molecule has 1 fully saturated rings. The van der Waals surface area contributed by atoms with Crippen LogP contribution in [0.1, 0.15) is 19.3 Å². The van der Waals surface area contributed by atoms with E-state index in [4.69, 9.17) is 0 Å². The Morgan fingerprint density at radius 1 is 1.21 bits per heavy atom. The van der Waals surface area contributed by atoms with Gasteiger partial charge in [0.25, 0.3) is 0 Å². The first-order valence-corrected chi connectivity index (χ1v) is 6.12. The van der Waals surface area contributed by atoms with Crippen molar-refractivity contribution in [1.29, 1.82) is 0 Å². The highest BCUT2D eigenvalue weighted by atomic mass is 32.2.